The van der Waals surface area contributed by atoms with E-state index >= 15 is 0 Å². The van der Waals surface area contributed by atoms with E-state index in [0.29, 0.717) is 79.2 Å². The van der Waals surface area contributed by atoms with Gasteiger partial charge in [-0.05, 0) is 41.5 Å². The highest BCUT2D eigenvalue weighted by molar-refractivity contribution is 5.71. The van der Waals surface area contributed by atoms with Gasteiger partial charge in [0.25, 0.3) is 0 Å². The molecular weight excluding hydrogens is 462 g/mol. The third kappa shape index (κ3) is 25.4. The molecule has 0 aromatic carbocycles. The fourth-order valence-electron chi connectivity index (χ4n) is 2.26. The Bertz CT molecular complexity index is 545. The standard InChI is InChI=1S/C24H47NO10/c1-23(2,3)34-21(26)20-33-19-18-32-17-16-31-15-14-30-13-12-29-11-10-28-9-8-25(7)22(27)35-24(4,5)6/h8-20H2,1-7H3. The first kappa shape index (κ1) is 33.5. The SMILES string of the molecule is CN(CCOCCOCCOCCOCCOCCOCC(=O)OC(C)(C)C)C(=O)OC(C)(C)C. The first-order valence-electron chi connectivity index (χ1n) is 12.0. The number of likely N-dealkylation sites (N-methyl/N-ethyl adjacent to an activating group) is 1. The summed E-state index contributed by atoms with van der Waals surface area (Å²) < 4.78 is 42.7. The zero-order valence-corrected chi connectivity index (χ0v) is 22.7. The Morgan fingerprint density at radius 1 is 0.543 bits per heavy atom. The zero-order valence-electron chi connectivity index (χ0n) is 22.7. The summed E-state index contributed by atoms with van der Waals surface area (Å²) in [4.78, 5) is 24.7. The van der Waals surface area contributed by atoms with Crippen molar-refractivity contribution in [3.8, 4) is 0 Å². The number of hydrogen-bond acceptors (Lipinski definition) is 10. The molecule has 0 aliphatic heterocycles. The molecule has 0 atom stereocenters. The van der Waals surface area contributed by atoms with Gasteiger partial charge in [-0.15, -0.1) is 0 Å². The maximum Gasteiger partial charge on any atom is 0.410 e. The van der Waals surface area contributed by atoms with Gasteiger partial charge in [0.05, 0.1) is 72.7 Å². The Kier molecular flexibility index (Phi) is 18.8. The zero-order chi connectivity index (χ0) is 26.6. The van der Waals surface area contributed by atoms with Crippen LogP contribution in [0.15, 0.2) is 0 Å². The van der Waals surface area contributed by atoms with Gasteiger partial charge >= 0.3 is 12.1 Å². The van der Waals surface area contributed by atoms with E-state index in [-0.39, 0.29) is 18.7 Å². The van der Waals surface area contributed by atoms with Crippen LogP contribution >= 0.6 is 0 Å². The van der Waals surface area contributed by atoms with Crippen LogP contribution in [-0.2, 0) is 42.7 Å². The summed E-state index contributed by atoms with van der Waals surface area (Å²) in [5.41, 5.74) is -1.02. The summed E-state index contributed by atoms with van der Waals surface area (Å²) in [7, 11) is 1.67. The van der Waals surface area contributed by atoms with Crippen LogP contribution < -0.4 is 0 Å². The monoisotopic (exact) mass is 509 g/mol. The molecule has 11 nitrogen and oxygen atoms in total. The van der Waals surface area contributed by atoms with Crippen LogP contribution in [0.3, 0.4) is 0 Å². The van der Waals surface area contributed by atoms with Crippen molar-refractivity contribution < 1.29 is 47.5 Å². The molecule has 0 saturated heterocycles. The van der Waals surface area contributed by atoms with Gasteiger partial charge < -0.3 is 42.8 Å². The minimum Gasteiger partial charge on any atom is -0.458 e. The highest BCUT2D eigenvalue weighted by atomic mass is 16.6. The van der Waals surface area contributed by atoms with E-state index in [2.05, 4.69) is 0 Å². The maximum absolute atomic E-state index is 11.8. The molecular formula is C24H47NO10. The summed E-state index contributed by atoms with van der Waals surface area (Å²) in [5.74, 6) is -0.389. The number of ether oxygens (including phenoxy) is 8. The third-order valence-corrected chi connectivity index (χ3v) is 3.78. The number of carbonyl (C=O) groups is 2. The smallest absolute Gasteiger partial charge is 0.410 e. The predicted molar refractivity (Wildman–Crippen MR) is 130 cm³/mol. The Hall–Kier alpha value is -1.50. The molecule has 0 unspecified atom stereocenters. The van der Waals surface area contributed by atoms with Gasteiger partial charge in [0.1, 0.15) is 17.8 Å². The van der Waals surface area contributed by atoms with Crippen LogP contribution in [0.4, 0.5) is 4.79 Å². The maximum atomic E-state index is 11.8. The number of amides is 1. The van der Waals surface area contributed by atoms with E-state index in [4.69, 9.17) is 37.9 Å². The van der Waals surface area contributed by atoms with Crippen molar-refractivity contribution in [2.75, 3.05) is 92.9 Å². The third-order valence-electron chi connectivity index (χ3n) is 3.78. The lowest BCUT2D eigenvalue weighted by atomic mass is 10.2. The lowest BCUT2D eigenvalue weighted by Gasteiger charge is -2.24. The van der Waals surface area contributed by atoms with Gasteiger partial charge in [-0.1, -0.05) is 0 Å². The minimum atomic E-state index is -0.510. The van der Waals surface area contributed by atoms with Crippen molar-refractivity contribution >= 4 is 12.1 Å². The van der Waals surface area contributed by atoms with Crippen LogP contribution in [0.5, 0.6) is 0 Å². The van der Waals surface area contributed by atoms with E-state index < -0.39 is 11.2 Å². The second kappa shape index (κ2) is 19.7. The van der Waals surface area contributed by atoms with Crippen molar-refractivity contribution in [3.05, 3.63) is 0 Å². The lowest BCUT2D eigenvalue weighted by Crippen LogP contribution is -2.36. The Balaban J connectivity index is 3.29. The summed E-state index contributed by atoms with van der Waals surface area (Å²) in [5, 5.41) is 0. The van der Waals surface area contributed by atoms with Gasteiger partial charge in [-0.25, -0.2) is 9.59 Å². The highest BCUT2D eigenvalue weighted by Gasteiger charge is 2.19. The van der Waals surface area contributed by atoms with Crippen LogP contribution in [0.25, 0.3) is 0 Å². The van der Waals surface area contributed by atoms with Crippen molar-refractivity contribution in [1.29, 1.82) is 0 Å². The number of nitrogens with zero attached hydrogens (tertiary/aromatic N) is 1. The molecule has 0 spiro atoms. The van der Waals surface area contributed by atoms with Crippen LogP contribution in [0, 0.1) is 0 Å². The molecule has 0 fully saturated rings. The van der Waals surface area contributed by atoms with Crippen molar-refractivity contribution in [2.45, 2.75) is 52.7 Å². The molecule has 0 radical (unpaired) electrons. The largest absolute Gasteiger partial charge is 0.458 e. The molecule has 0 heterocycles. The van der Waals surface area contributed by atoms with Crippen molar-refractivity contribution in [3.63, 3.8) is 0 Å². The summed E-state index contributed by atoms with van der Waals surface area (Å²) in [6.07, 6.45) is -0.368. The predicted octanol–water partition coefficient (Wildman–Crippen LogP) is 2.29. The molecule has 0 N–H and O–H groups in total. The molecule has 0 aromatic rings. The normalized spacial score (nSPS) is 12.0. The van der Waals surface area contributed by atoms with Crippen molar-refractivity contribution in [2.24, 2.45) is 0 Å². The van der Waals surface area contributed by atoms with Crippen LogP contribution in [0.2, 0.25) is 0 Å². The average Bonchev–Trinajstić information content (AvgIpc) is 2.72. The molecule has 1 amide bonds. The number of rotatable bonds is 20. The number of hydrogen-bond donors (Lipinski definition) is 0. The van der Waals surface area contributed by atoms with Crippen molar-refractivity contribution in [1.82, 2.24) is 4.90 Å². The Labute approximate surface area is 210 Å². The second-order valence-corrected chi connectivity index (χ2v) is 9.60. The second-order valence-electron chi connectivity index (χ2n) is 9.60. The Morgan fingerprint density at radius 2 is 0.886 bits per heavy atom. The van der Waals surface area contributed by atoms with Gasteiger partial charge in [-0.2, -0.15) is 0 Å². The fraction of sp³-hybridized carbons (Fsp3) is 0.917. The molecule has 0 aliphatic carbocycles. The van der Waals surface area contributed by atoms with Gasteiger partial charge in [-0.3, -0.25) is 0 Å². The van der Waals surface area contributed by atoms with Gasteiger partial charge in [0.2, 0.25) is 0 Å². The van der Waals surface area contributed by atoms with Crippen LogP contribution in [0.1, 0.15) is 41.5 Å². The van der Waals surface area contributed by atoms with E-state index in [1.165, 1.54) is 4.90 Å². The minimum absolute atomic E-state index is 0.0847. The molecule has 0 saturated carbocycles. The molecule has 0 aliphatic rings. The molecule has 11 heteroatoms. The summed E-state index contributed by atoms with van der Waals surface area (Å²) >= 11 is 0. The molecule has 0 rings (SSSR count). The molecule has 35 heavy (non-hydrogen) atoms. The fourth-order valence-corrected chi connectivity index (χ4v) is 2.26. The van der Waals surface area contributed by atoms with Crippen LogP contribution in [-0.4, -0.2) is 121 Å². The van der Waals surface area contributed by atoms with E-state index in [9.17, 15) is 9.59 Å². The topological polar surface area (TPSA) is 111 Å². The number of esters is 1. The summed E-state index contributed by atoms with van der Waals surface area (Å²) in [6, 6.07) is 0. The molecule has 208 valence electrons. The lowest BCUT2D eigenvalue weighted by molar-refractivity contribution is -0.160. The highest BCUT2D eigenvalue weighted by Crippen LogP contribution is 2.09. The summed E-state index contributed by atoms with van der Waals surface area (Å²) in [6.45, 7) is 16.0. The quantitative estimate of drug-likeness (QED) is 0.179. The van der Waals surface area contributed by atoms with E-state index in [1.54, 1.807) is 7.05 Å². The van der Waals surface area contributed by atoms with E-state index in [0.717, 1.165) is 0 Å². The van der Waals surface area contributed by atoms with Gasteiger partial charge in [0.15, 0.2) is 0 Å². The van der Waals surface area contributed by atoms with E-state index in [1.807, 2.05) is 41.5 Å². The van der Waals surface area contributed by atoms with Gasteiger partial charge in [0, 0.05) is 13.6 Å². The molecule has 0 bridgehead atoms. The first-order valence-corrected chi connectivity index (χ1v) is 12.0. The number of carbonyl (C=O) groups excluding carboxylic acids is 2. The molecule has 0 aromatic heterocycles. The first-order chi connectivity index (χ1) is 16.4. The Morgan fingerprint density at radius 3 is 1.26 bits per heavy atom. The average molecular weight is 510 g/mol.